The van der Waals surface area contributed by atoms with Crippen molar-refractivity contribution in [2.24, 2.45) is 5.73 Å². The van der Waals surface area contributed by atoms with E-state index in [1.54, 1.807) is 31.2 Å². The van der Waals surface area contributed by atoms with Gasteiger partial charge >= 0.3 is 5.97 Å². The zero-order valence-corrected chi connectivity index (χ0v) is 18.4. The quantitative estimate of drug-likeness (QED) is 0.428. The average molecular weight is 454 g/mol. The molecular weight excluding hydrogens is 432 g/mol. The number of ether oxygens (including phenoxy) is 3. The fraction of sp³-hybridized carbons (Fsp3) is 0.111. The van der Waals surface area contributed by atoms with Gasteiger partial charge in [0.2, 0.25) is 5.88 Å². The number of hydrogen-bond acceptors (Lipinski definition) is 6. The van der Waals surface area contributed by atoms with Crippen LogP contribution in [-0.4, -0.2) is 17.6 Å². The van der Waals surface area contributed by atoms with E-state index in [2.05, 4.69) is 4.98 Å². The number of aromatic amines is 1. The predicted octanol–water partition coefficient (Wildman–Crippen LogP) is 4.58. The van der Waals surface area contributed by atoms with Crippen molar-refractivity contribution in [2.75, 3.05) is 6.61 Å². The molecule has 0 fully saturated rings. The highest BCUT2D eigenvalue weighted by molar-refractivity contribution is 5.95. The van der Waals surface area contributed by atoms with E-state index in [1.807, 2.05) is 54.6 Å². The normalized spacial score (nSPS) is 14.9. The van der Waals surface area contributed by atoms with Crippen molar-refractivity contribution in [3.8, 4) is 17.2 Å². The van der Waals surface area contributed by atoms with E-state index in [-0.39, 0.29) is 29.2 Å². The summed E-state index contributed by atoms with van der Waals surface area (Å²) in [5.74, 6) is -0.00860. The molecule has 1 aliphatic heterocycles. The van der Waals surface area contributed by atoms with Crippen LogP contribution in [0.15, 0.2) is 95.1 Å². The minimum absolute atomic E-state index is 0.0759. The second-order valence-corrected chi connectivity index (χ2v) is 7.76. The fourth-order valence-electron chi connectivity index (χ4n) is 4.19. The van der Waals surface area contributed by atoms with E-state index in [1.165, 1.54) is 0 Å². The third-order valence-electron chi connectivity index (χ3n) is 5.63. The minimum Gasteiger partial charge on any atom is -0.462 e. The summed E-state index contributed by atoms with van der Waals surface area (Å²) in [6, 6.07) is 23.8. The molecule has 0 radical (unpaired) electrons. The van der Waals surface area contributed by atoms with Crippen molar-refractivity contribution in [3.63, 3.8) is 0 Å². The van der Waals surface area contributed by atoms with Crippen LogP contribution in [0.2, 0.25) is 0 Å². The van der Waals surface area contributed by atoms with Crippen LogP contribution in [0, 0.1) is 0 Å². The van der Waals surface area contributed by atoms with E-state index in [0.29, 0.717) is 33.7 Å². The minimum atomic E-state index is -0.810. The first-order valence-corrected chi connectivity index (χ1v) is 10.9. The van der Waals surface area contributed by atoms with Gasteiger partial charge in [-0.25, -0.2) is 4.79 Å². The first-order valence-electron chi connectivity index (χ1n) is 10.9. The number of pyridine rings is 1. The lowest BCUT2D eigenvalue weighted by molar-refractivity contribution is -0.139. The molecule has 3 N–H and O–H groups in total. The van der Waals surface area contributed by atoms with Gasteiger partial charge in [0.05, 0.1) is 23.6 Å². The summed E-state index contributed by atoms with van der Waals surface area (Å²) in [4.78, 5) is 29.2. The lowest BCUT2D eigenvalue weighted by atomic mass is 9.83. The molecule has 1 atom stereocenters. The van der Waals surface area contributed by atoms with Gasteiger partial charge in [-0.2, -0.15) is 0 Å². The van der Waals surface area contributed by atoms with E-state index in [9.17, 15) is 9.59 Å². The van der Waals surface area contributed by atoms with Gasteiger partial charge in [-0.05, 0) is 48.9 Å². The second-order valence-electron chi connectivity index (χ2n) is 7.76. The zero-order chi connectivity index (χ0) is 23.7. The molecule has 0 saturated heterocycles. The number of hydrogen-bond donors (Lipinski definition) is 2. The van der Waals surface area contributed by atoms with Gasteiger partial charge < -0.3 is 24.9 Å². The number of nitrogens with two attached hydrogens (primary N) is 1. The van der Waals surface area contributed by atoms with Crippen molar-refractivity contribution in [1.82, 2.24) is 4.98 Å². The molecule has 1 aromatic heterocycles. The lowest BCUT2D eigenvalue weighted by Crippen LogP contribution is -2.32. The number of rotatable bonds is 5. The summed E-state index contributed by atoms with van der Waals surface area (Å²) in [5, 5.41) is 0.685. The molecule has 7 nitrogen and oxygen atoms in total. The number of benzene rings is 3. The molecule has 0 bridgehead atoms. The molecule has 7 heteroatoms. The third-order valence-corrected chi connectivity index (χ3v) is 5.63. The van der Waals surface area contributed by atoms with Gasteiger partial charge in [-0.3, -0.25) is 4.79 Å². The molecule has 2 heterocycles. The van der Waals surface area contributed by atoms with Crippen LogP contribution in [0.4, 0.5) is 0 Å². The summed E-state index contributed by atoms with van der Waals surface area (Å²) in [6.45, 7) is 1.86. The maximum Gasteiger partial charge on any atom is 0.340 e. The molecule has 4 aromatic rings. The highest BCUT2D eigenvalue weighted by atomic mass is 16.5. The Morgan fingerprint density at radius 3 is 2.53 bits per heavy atom. The van der Waals surface area contributed by atoms with Crippen LogP contribution in [0.5, 0.6) is 17.2 Å². The number of nitrogens with one attached hydrogen (secondary N) is 1. The third kappa shape index (κ3) is 3.77. The maximum absolute atomic E-state index is 13.3. The standard InChI is InChI=1S/C27H22N2O5/c1-2-32-27(31)23-21(16-9-8-12-18(15-16)33-17-10-4-3-5-11-17)22-24(34-25(23)28)19-13-6-7-14-20(19)29-26(22)30/h3-15,21H,2,28H2,1H3,(H,29,30)/t21-/m1/s1. The Bertz CT molecular complexity index is 1470. The van der Waals surface area contributed by atoms with Crippen LogP contribution in [0.25, 0.3) is 10.9 Å². The number of H-pyrrole nitrogens is 1. The van der Waals surface area contributed by atoms with E-state index < -0.39 is 11.9 Å². The van der Waals surface area contributed by atoms with Crippen molar-refractivity contribution in [1.29, 1.82) is 0 Å². The van der Waals surface area contributed by atoms with Gasteiger partial charge in [0.1, 0.15) is 22.8 Å². The second kappa shape index (κ2) is 8.78. The number of para-hydroxylation sites is 2. The summed E-state index contributed by atoms with van der Waals surface area (Å²) < 4.78 is 17.1. The Morgan fingerprint density at radius 2 is 1.74 bits per heavy atom. The number of carbonyl (C=O) groups is 1. The number of carbonyl (C=O) groups excluding carboxylic acids is 1. The Balaban J connectivity index is 1.70. The van der Waals surface area contributed by atoms with Crippen LogP contribution in [-0.2, 0) is 9.53 Å². The topological polar surface area (TPSA) is 104 Å². The first kappa shape index (κ1) is 21.3. The van der Waals surface area contributed by atoms with Crippen LogP contribution < -0.4 is 20.8 Å². The number of aromatic nitrogens is 1. The largest absolute Gasteiger partial charge is 0.462 e. The van der Waals surface area contributed by atoms with Crippen molar-refractivity contribution < 1.29 is 19.0 Å². The molecule has 1 aliphatic rings. The van der Waals surface area contributed by atoms with Gasteiger partial charge in [0.15, 0.2) is 0 Å². The fourth-order valence-corrected chi connectivity index (χ4v) is 4.19. The molecular formula is C27H22N2O5. The monoisotopic (exact) mass is 454 g/mol. The summed E-state index contributed by atoms with van der Waals surface area (Å²) >= 11 is 0. The van der Waals surface area contributed by atoms with E-state index in [4.69, 9.17) is 19.9 Å². The highest BCUT2D eigenvalue weighted by Gasteiger charge is 2.38. The number of fused-ring (bicyclic) bond motifs is 3. The average Bonchev–Trinajstić information content (AvgIpc) is 2.84. The van der Waals surface area contributed by atoms with Crippen LogP contribution >= 0.6 is 0 Å². The predicted molar refractivity (Wildman–Crippen MR) is 128 cm³/mol. The van der Waals surface area contributed by atoms with E-state index in [0.717, 1.165) is 0 Å². The number of esters is 1. The van der Waals surface area contributed by atoms with Gasteiger partial charge in [0.25, 0.3) is 5.56 Å². The Kier molecular flexibility index (Phi) is 5.51. The maximum atomic E-state index is 13.3. The Labute approximate surface area is 195 Å². The van der Waals surface area contributed by atoms with Gasteiger partial charge in [-0.1, -0.05) is 42.5 Å². The molecule has 0 amide bonds. The van der Waals surface area contributed by atoms with Gasteiger partial charge in [-0.15, -0.1) is 0 Å². The Hall–Kier alpha value is -4.52. The Morgan fingerprint density at radius 1 is 1.00 bits per heavy atom. The van der Waals surface area contributed by atoms with Crippen LogP contribution in [0.1, 0.15) is 24.0 Å². The van der Waals surface area contributed by atoms with Crippen molar-refractivity contribution in [3.05, 3.63) is 112 Å². The smallest absolute Gasteiger partial charge is 0.340 e. The summed E-state index contributed by atoms with van der Waals surface area (Å²) in [7, 11) is 0. The lowest BCUT2D eigenvalue weighted by Gasteiger charge is -2.28. The summed E-state index contributed by atoms with van der Waals surface area (Å²) in [6.07, 6.45) is 0. The van der Waals surface area contributed by atoms with Crippen LogP contribution in [0.3, 0.4) is 0 Å². The molecule has 0 saturated carbocycles. The molecule has 0 aliphatic carbocycles. The van der Waals surface area contributed by atoms with Crippen molar-refractivity contribution in [2.45, 2.75) is 12.8 Å². The highest BCUT2D eigenvalue weighted by Crippen LogP contribution is 2.44. The SMILES string of the molecule is CCOC(=O)C1=C(N)Oc2c(c(=O)[nH]c3ccccc23)[C@H]1c1cccc(Oc2ccccc2)c1. The van der Waals surface area contributed by atoms with E-state index >= 15 is 0 Å². The zero-order valence-electron chi connectivity index (χ0n) is 18.4. The molecule has 0 unspecified atom stereocenters. The first-order chi connectivity index (χ1) is 16.6. The van der Waals surface area contributed by atoms with Gasteiger partial charge in [0, 0.05) is 5.39 Å². The molecule has 5 rings (SSSR count). The molecule has 3 aromatic carbocycles. The summed E-state index contributed by atoms with van der Waals surface area (Å²) in [5.41, 5.74) is 7.51. The molecule has 34 heavy (non-hydrogen) atoms. The molecule has 170 valence electrons. The van der Waals surface area contributed by atoms with Crippen molar-refractivity contribution >= 4 is 16.9 Å². The molecule has 0 spiro atoms.